The molecule has 0 bridgehead atoms. The predicted octanol–water partition coefficient (Wildman–Crippen LogP) is 2.59. The molecule has 0 spiro atoms. The van der Waals surface area contributed by atoms with Crippen molar-refractivity contribution in [1.82, 2.24) is 24.7 Å². The van der Waals surface area contributed by atoms with Crippen molar-refractivity contribution in [3.8, 4) is 0 Å². The number of aromatic nitrogens is 5. The molecule has 6 nitrogen and oxygen atoms in total. The molecule has 0 saturated heterocycles. The maximum Gasteiger partial charge on any atom is 0.154 e. The number of nitrogens with one attached hydrogen (secondary N) is 1. The Balaban J connectivity index is 1.51. The fraction of sp³-hybridized carbons (Fsp3) is 0.500. The van der Waals surface area contributed by atoms with Crippen LogP contribution in [-0.2, 0) is 19.4 Å². The summed E-state index contributed by atoms with van der Waals surface area (Å²) in [4.78, 5) is 12.7. The molecule has 2 aromatic heterocycles. The first-order chi connectivity index (χ1) is 11.7. The Morgan fingerprint density at radius 1 is 1.25 bits per heavy atom. The third-order valence-electron chi connectivity index (χ3n) is 4.59. The molecule has 6 heteroatoms. The highest BCUT2D eigenvalue weighted by Gasteiger charge is 2.29. The number of para-hydroxylation sites is 2. The Bertz CT molecular complexity index is 800. The monoisotopic (exact) mass is 325 g/mol. The van der Waals surface area contributed by atoms with Crippen LogP contribution < -0.4 is 0 Å². The molecular formula is C18H23N5O. The molecule has 1 aliphatic carbocycles. The van der Waals surface area contributed by atoms with Gasteiger partial charge in [0.25, 0.3) is 0 Å². The number of aliphatic hydroxyl groups is 1. The lowest BCUT2D eigenvalue weighted by atomic mass is 10.2. The summed E-state index contributed by atoms with van der Waals surface area (Å²) in [6, 6.07) is 8.06. The first-order valence-electron chi connectivity index (χ1n) is 8.78. The van der Waals surface area contributed by atoms with Crippen LogP contribution in [-0.4, -0.2) is 35.9 Å². The molecule has 3 aromatic rings. The van der Waals surface area contributed by atoms with Gasteiger partial charge in [0.2, 0.25) is 0 Å². The standard InChI is InChI=1S/C18H23N5O/c1-2-13(24)11-23-17(21-18(22-23)12-7-8-12)10-9-16-19-14-5-3-4-6-15(14)20-16/h3-6,12-13,24H,2,7-11H2,1H3,(H,19,20). The van der Waals surface area contributed by atoms with Crippen molar-refractivity contribution in [1.29, 1.82) is 0 Å². The van der Waals surface area contributed by atoms with Gasteiger partial charge in [-0.3, -0.25) is 0 Å². The number of hydrogen-bond donors (Lipinski definition) is 2. The number of benzene rings is 1. The lowest BCUT2D eigenvalue weighted by Crippen LogP contribution is -2.18. The zero-order chi connectivity index (χ0) is 16.5. The summed E-state index contributed by atoms with van der Waals surface area (Å²) in [5.41, 5.74) is 2.06. The highest BCUT2D eigenvalue weighted by atomic mass is 16.3. The number of nitrogens with zero attached hydrogens (tertiary/aromatic N) is 4. The molecule has 1 aliphatic rings. The smallest absolute Gasteiger partial charge is 0.154 e. The van der Waals surface area contributed by atoms with E-state index in [4.69, 9.17) is 4.98 Å². The van der Waals surface area contributed by atoms with E-state index in [-0.39, 0.29) is 6.10 Å². The molecule has 1 aromatic carbocycles. The van der Waals surface area contributed by atoms with Gasteiger partial charge in [-0.1, -0.05) is 19.1 Å². The van der Waals surface area contributed by atoms with E-state index in [1.54, 1.807) is 0 Å². The Labute approximate surface area is 140 Å². The minimum Gasteiger partial charge on any atom is -0.391 e. The maximum atomic E-state index is 9.97. The van der Waals surface area contributed by atoms with E-state index in [1.165, 1.54) is 12.8 Å². The molecule has 4 rings (SSSR count). The van der Waals surface area contributed by atoms with Crippen molar-refractivity contribution >= 4 is 11.0 Å². The molecule has 2 N–H and O–H groups in total. The number of hydrogen-bond acceptors (Lipinski definition) is 4. The number of fused-ring (bicyclic) bond motifs is 1. The molecule has 0 radical (unpaired) electrons. The summed E-state index contributed by atoms with van der Waals surface area (Å²) in [5, 5.41) is 14.6. The van der Waals surface area contributed by atoms with Gasteiger partial charge in [0.15, 0.2) is 5.82 Å². The van der Waals surface area contributed by atoms with E-state index in [0.29, 0.717) is 12.5 Å². The van der Waals surface area contributed by atoms with E-state index >= 15 is 0 Å². The zero-order valence-electron chi connectivity index (χ0n) is 13.9. The molecule has 1 unspecified atom stereocenters. The van der Waals surface area contributed by atoms with E-state index in [2.05, 4.69) is 15.1 Å². The first kappa shape index (κ1) is 15.3. The topological polar surface area (TPSA) is 79.6 Å². The molecular weight excluding hydrogens is 302 g/mol. The van der Waals surface area contributed by atoms with Crippen molar-refractivity contribution in [3.05, 3.63) is 41.7 Å². The highest BCUT2D eigenvalue weighted by Crippen LogP contribution is 2.38. The number of H-pyrrole nitrogens is 1. The van der Waals surface area contributed by atoms with Gasteiger partial charge in [-0.25, -0.2) is 14.6 Å². The summed E-state index contributed by atoms with van der Waals surface area (Å²) < 4.78 is 1.89. The van der Waals surface area contributed by atoms with Crippen molar-refractivity contribution in [3.63, 3.8) is 0 Å². The second kappa shape index (κ2) is 6.36. The zero-order valence-corrected chi connectivity index (χ0v) is 13.9. The molecule has 1 saturated carbocycles. The van der Waals surface area contributed by atoms with E-state index in [9.17, 15) is 5.11 Å². The Morgan fingerprint density at radius 3 is 2.83 bits per heavy atom. The largest absolute Gasteiger partial charge is 0.391 e. The highest BCUT2D eigenvalue weighted by molar-refractivity contribution is 5.74. The lowest BCUT2D eigenvalue weighted by molar-refractivity contribution is 0.143. The lowest BCUT2D eigenvalue weighted by Gasteiger charge is -2.09. The van der Waals surface area contributed by atoms with Gasteiger partial charge in [0.1, 0.15) is 11.6 Å². The van der Waals surface area contributed by atoms with Crippen LogP contribution in [0, 0.1) is 0 Å². The molecule has 126 valence electrons. The Kier molecular flexibility index (Phi) is 4.06. The van der Waals surface area contributed by atoms with Crippen molar-refractivity contribution in [2.24, 2.45) is 0 Å². The average molecular weight is 325 g/mol. The number of aromatic amines is 1. The number of aliphatic hydroxyl groups excluding tert-OH is 1. The van der Waals surface area contributed by atoms with Crippen LogP contribution in [0.3, 0.4) is 0 Å². The van der Waals surface area contributed by atoms with Crippen molar-refractivity contribution in [2.45, 2.75) is 57.6 Å². The van der Waals surface area contributed by atoms with Crippen LogP contribution in [0.5, 0.6) is 0 Å². The van der Waals surface area contributed by atoms with E-state index < -0.39 is 0 Å². The molecule has 2 heterocycles. The van der Waals surface area contributed by atoms with Crippen LogP contribution in [0.15, 0.2) is 24.3 Å². The summed E-state index contributed by atoms with van der Waals surface area (Å²) in [5.74, 6) is 3.38. The van der Waals surface area contributed by atoms with Crippen molar-refractivity contribution < 1.29 is 5.11 Å². The Morgan fingerprint density at radius 2 is 2.08 bits per heavy atom. The fourth-order valence-corrected chi connectivity index (χ4v) is 2.92. The third-order valence-corrected chi connectivity index (χ3v) is 4.59. The quantitative estimate of drug-likeness (QED) is 0.700. The van der Waals surface area contributed by atoms with E-state index in [0.717, 1.165) is 47.8 Å². The number of rotatable bonds is 7. The van der Waals surface area contributed by atoms with Gasteiger partial charge < -0.3 is 10.1 Å². The molecule has 0 amide bonds. The van der Waals surface area contributed by atoms with Crippen LogP contribution in [0.25, 0.3) is 11.0 Å². The van der Waals surface area contributed by atoms with Gasteiger partial charge >= 0.3 is 0 Å². The molecule has 1 atom stereocenters. The summed E-state index contributed by atoms with van der Waals surface area (Å²) >= 11 is 0. The minimum absolute atomic E-state index is 0.372. The van der Waals surface area contributed by atoms with Gasteiger partial charge in [-0.15, -0.1) is 0 Å². The predicted molar refractivity (Wildman–Crippen MR) is 91.8 cm³/mol. The van der Waals surface area contributed by atoms with Crippen LogP contribution >= 0.6 is 0 Å². The molecule has 1 fully saturated rings. The SMILES string of the molecule is CCC(O)Cn1nc(C2CC2)nc1CCc1nc2ccccc2[nH]1. The van der Waals surface area contributed by atoms with Gasteiger partial charge in [-0.05, 0) is 31.4 Å². The second-order valence-electron chi connectivity index (χ2n) is 6.61. The first-order valence-corrected chi connectivity index (χ1v) is 8.78. The Hall–Kier alpha value is -2.21. The van der Waals surface area contributed by atoms with Crippen LogP contribution in [0.1, 0.15) is 49.6 Å². The van der Waals surface area contributed by atoms with Gasteiger partial charge in [0, 0.05) is 18.8 Å². The minimum atomic E-state index is -0.372. The number of imidazole rings is 1. The maximum absolute atomic E-state index is 9.97. The normalized spacial score (nSPS) is 15.9. The number of aryl methyl sites for hydroxylation is 2. The van der Waals surface area contributed by atoms with Gasteiger partial charge in [-0.2, -0.15) is 5.10 Å². The fourth-order valence-electron chi connectivity index (χ4n) is 2.92. The third kappa shape index (κ3) is 3.19. The van der Waals surface area contributed by atoms with Crippen LogP contribution in [0.4, 0.5) is 0 Å². The van der Waals surface area contributed by atoms with Gasteiger partial charge in [0.05, 0.1) is 23.7 Å². The summed E-state index contributed by atoms with van der Waals surface area (Å²) in [6.45, 7) is 2.50. The van der Waals surface area contributed by atoms with Crippen LogP contribution in [0.2, 0.25) is 0 Å². The van der Waals surface area contributed by atoms with E-state index in [1.807, 2.05) is 35.9 Å². The average Bonchev–Trinajstić information content (AvgIpc) is 3.24. The summed E-state index contributed by atoms with van der Waals surface area (Å²) in [7, 11) is 0. The molecule has 0 aliphatic heterocycles. The molecule has 24 heavy (non-hydrogen) atoms. The van der Waals surface area contributed by atoms with Crippen molar-refractivity contribution in [2.75, 3.05) is 0 Å². The second-order valence-corrected chi connectivity index (χ2v) is 6.61. The summed E-state index contributed by atoms with van der Waals surface area (Å²) in [6.07, 6.45) is 4.29.